The van der Waals surface area contributed by atoms with Crippen LogP contribution in [0, 0.1) is 0 Å². The summed E-state index contributed by atoms with van der Waals surface area (Å²) in [6, 6.07) is 19.7. The minimum Gasteiger partial charge on any atom is -0.391 e. The molecule has 112 valence electrons. The molecule has 4 heteroatoms. The van der Waals surface area contributed by atoms with Gasteiger partial charge in [-0.2, -0.15) is 0 Å². The van der Waals surface area contributed by atoms with Gasteiger partial charge in [-0.3, -0.25) is 0 Å². The molecule has 0 aliphatic rings. The lowest BCUT2D eigenvalue weighted by Crippen LogP contribution is -2.22. The number of aliphatic hydroxyl groups is 1. The third kappa shape index (κ3) is 3.56. The van der Waals surface area contributed by atoms with Crippen LogP contribution in [0.25, 0.3) is 10.8 Å². The van der Waals surface area contributed by atoms with E-state index >= 15 is 0 Å². The first kappa shape index (κ1) is 14.8. The van der Waals surface area contributed by atoms with Crippen LogP contribution in [0.5, 0.6) is 0 Å². The van der Waals surface area contributed by atoms with Gasteiger partial charge in [0.1, 0.15) is 11.0 Å². The monoisotopic (exact) mass is 312 g/mol. The average molecular weight is 313 g/mol. The maximum atomic E-state index is 10.1. The minimum absolute atomic E-state index is 0.427. The van der Waals surface area contributed by atoms with Gasteiger partial charge < -0.3 is 10.4 Å². The Bertz CT molecular complexity index is 761. The number of aliphatic hydroxyl groups excluding tert-OH is 1. The molecule has 2 aromatic carbocycles. The van der Waals surface area contributed by atoms with E-state index in [0.717, 1.165) is 16.3 Å². The van der Waals surface area contributed by atoms with Crippen molar-refractivity contribution in [3.05, 3.63) is 71.4 Å². The molecule has 3 rings (SSSR count). The summed E-state index contributed by atoms with van der Waals surface area (Å²) in [5.41, 5.74) is 1.11. The molecular formula is C18H17ClN2O. The van der Waals surface area contributed by atoms with Gasteiger partial charge in [0, 0.05) is 18.4 Å². The lowest BCUT2D eigenvalue weighted by molar-refractivity contribution is 0.188. The van der Waals surface area contributed by atoms with Crippen molar-refractivity contribution in [2.45, 2.75) is 12.5 Å². The lowest BCUT2D eigenvalue weighted by atomic mass is 10.1. The minimum atomic E-state index is -0.477. The van der Waals surface area contributed by atoms with E-state index in [0.29, 0.717) is 23.9 Å². The van der Waals surface area contributed by atoms with E-state index in [1.807, 2.05) is 60.7 Å². The maximum absolute atomic E-state index is 10.1. The highest BCUT2D eigenvalue weighted by atomic mass is 35.5. The predicted molar refractivity (Wildman–Crippen MR) is 91.4 cm³/mol. The third-order valence-corrected chi connectivity index (χ3v) is 3.81. The van der Waals surface area contributed by atoms with Crippen molar-refractivity contribution in [1.82, 2.24) is 4.98 Å². The van der Waals surface area contributed by atoms with E-state index in [1.165, 1.54) is 0 Å². The molecule has 1 aromatic heterocycles. The highest BCUT2D eigenvalue weighted by Crippen LogP contribution is 2.24. The Balaban J connectivity index is 1.66. The number of nitrogens with one attached hydrogen (secondary N) is 1. The van der Waals surface area contributed by atoms with Crippen LogP contribution in [0.2, 0.25) is 5.15 Å². The molecule has 3 nitrogen and oxygen atoms in total. The summed E-state index contributed by atoms with van der Waals surface area (Å²) in [4.78, 5) is 4.32. The number of anilines is 1. The maximum Gasteiger partial charge on any atom is 0.139 e. The zero-order valence-electron chi connectivity index (χ0n) is 12.0. The van der Waals surface area contributed by atoms with Gasteiger partial charge in [-0.1, -0.05) is 66.2 Å². The SMILES string of the molecule is OC(CNc1cc2ccccc2c(Cl)n1)Cc1ccccc1. The van der Waals surface area contributed by atoms with E-state index in [4.69, 9.17) is 11.6 Å². The summed E-state index contributed by atoms with van der Waals surface area (Å²) in [6.07, 6.45) is 0.129. The summed E-state index contributed by atoms with van der Waals surface area (Å²) < 4.78 is 0. The Kier molecular flexibility index (Phi) is 4.56. The van der Waals surface area contributed by atoms with Crippen LogP contribution in [-0.4, -0.2) is 22.7 Å². The number of hydrogen-bond acceptors (Lipinski definition) is 3. The van der Waals surface area contributed by atoms with E-state index in [2.05, 4.69) is 10.3 Å². The van der Waals surface area contributed by atoms with Crippen LogP contribution in [0.3, 0.4) is 0 Å². The first-order chi connectivity index (χ1) is 10.7. The van der Waals surface area contributed by atoms with Gasteiger partial charge in [0.15, 0.2) is 0 Å². The van der Waals surface area contributed by atoms with E-state index < -0.39 is 6.10 Å². The normalized spacial score (nSPS) is 12.3. The molecule has 3 aromatic rings. The van der Waals surface area contributed by atoms with Crippen LogP contribution < -0.4 is 5.32 Å². The number of rotatable bonds is 5. The average Bonchev–Trinajstić information content (AvgIpc) is 2.54. The van der Waals surface area contributed by atoms with Crippen molar-refractivity contribution in [2.24, 2.45) is 0 Å². The number of nitrogens with zero attached hydrogens (tertiary/aromatic N) is 1. The first-order valence-electron chi connectivity index (χ1n) is 7.23. The summed E-state index contributed by atoms with van der Waals surface area (Å²) in [5, 5.41) is 15.7. The number of benzene rings is 2. The highest BCUT2D eigenvalue weighted by Gasteiger charge is 2.07. The van der Waals surface area contributed by atoms with E-state index in [9.17, 15) is 5.11 Å². The second kappa shape index (κ2) is 6.77. The van der Waals surface area contributed by atoms with Gasteiger partial charge in [0.05, 0.1) is 6.10 Å². The fourth-order valence-electron chi connectivity index (χ4n) is 2.43. The topological polar surface area (TPSA) is 45.1 Å². The van der Waals surface area contributed by atoms with Crippen LogP contribution in [0.4, 0.5) is 5.82 Å². The number of fused-ring (bicyclic) bond motifs is 1. The molecule has 1 unspecified atom stereocenters. The van der Waals surface area contributed by atoms with Gasteiger partial charge in [0.2, 0.25) is 0 Å². The molecule has 0 bridgehead atoms. The zero-order chi connectivity index (χ0) is 15.4. The zero-order valence-corrected chi connectivity index (χ0v) is 12.8. The van der Waals surface area contributed by atoms with Crippen molar-refractivity contribution in [2.75, 3.05) is 11.9 Å². The third-order valence-electron chi connectivity index (χ3n) is 3.53. The molecule has 1 atom stereocenters. The van der Waals surface area contributed by atoms with Crippen LogP contribution in [-0.2, 0) is 6.42 Å². The molecule has 22 heavy (non-hydrogen) atoms. The summed E-state index contributed by atoms with van der Waals surface area (Å²) in [7, 11) is 0. The van der Waals surface area contributed by atoms with Crippen molar-refractivity contribution >= 4 is 28.2 Å². The Morgan fingerprint density at radius 2 is 1.77 bits per heavy atom. The van der Waals surface area contributed by atoms with Crippen LogP contribution in [0.1, 0.15) is 5.56 Å². The molecule has 0 fully saturated rings. The van der Waals surface area contributed by atoms with Gasteiger partial charge in [-0.05, 0) is 17.0 Å². The van der Waals surface area contributed by atoms with Crippen molar-refractivity contribution < 1.29 is 5.11 Å². The number of pyridine rings is 1. The second-order valence-corrected chi connectivity index (χ2v) is 5.60. The summed E-state index contributed by atoms with van der Waals surface area (Å²) in [6.45, 7) is 0.427. The predicted octanol–water partition coefficient (Wildman–Crippen LogP) is 3.90. The fourth-order valence-corrected chi connectivity index (χ4v) is 2.69. The highest BCUT2D eigenvalue weighted by molar-refractivity contribution is 6.34. The molecule has 0 spiro atoms. The van der Waals surface area contributed by atoms with Gasteiger partial charge in [-0.15, -0.1) is 0 Å². The lowest BCUT2D eigenvalue weighted by Gasteiger charge is -2.13. The molecule has 2 N–H and O–H groups in total. The molecule has 0 aliphatic heterocycles. The first-order valence-corrected chi connectivity index (χ1v) is 7.61. The fraction of sp³-hybridized carbons (Fsp3) is 0.167. The Hall–Kier alpha value is -2.10. The molecule has 0 saturated heterocycles. The molecule has 1 heterocycles. The molecule has 0 radical (unpaired) electrons. The Labute approximate surface area is 134 Å². The number of aromatic nitrogens is 1. The largest absolute Gasteiger partial charge is 0.391 e. The molecule has 0 aliphatic carbocycles. The smallest absolute Gasteiger partial charge is 0.139 e. The van der Waals surface area contributed by atoms with E-state index in [-0.39, 0.29) is 0 Å². The van der Waals surface area contributed by atoms with Crippen molar-refractivity contribution in [3.63, 3.8) is 0 Å². The number of halogens is 1. The van der Waals surface area contributed by atoms with E-state index in [1.54, 1.807) is 0 Å². The summed E-state index contributed by atoms with van der Waals surface area (Å²) >= 11 is 6.19. The Morgan fingerprint density at radius 1 is 1.05 bits per heavy atom. The Morgan fingerprint density at radius 3 is 2.59 bits per heavy atom. The van der Waals surface area contributed by atoms with Crippen molar-refractivity contribution in [1.29, 1.82) is 0 Å². The second-order valence-electron chi connectivity index (χ2n) is 5.24. The van der Waals surface area contributed by atoms with Crippen LogP contribution in [0.15, 0.2) is 60.7 Å². The summed E-state index contributed by atoms with van der Waals surface area (Å²) in [5.74, 6) is 0.677. The molecule has 0 amide bonds. The standard InChI is InChI=1S/C18H17ClN2O/c19-18-16-9-5-4-8-14(16)11-17(21-18)20-12-15(22)10-13-6-2-1-3-7-13/h1-9,11,15,22H,10,12H2,(H,20,21). The van der Waals surface area contributed by atoms with Gasteiger partial charge >= 0.3 is 0 Å². The van der Waals surface area contributed by atoms with Gasteiger partial charge in [0.25, 0.3) is 0 Å². The van der Waals surface area contributed by atoms with Crippen molar-refractivity contribution in [3.8, 4) is 0 Å². The van der Waals surface area contributed by atoms with Crippen LogP contribution >= 0.6 is 11.6 Å². The number of hydrogen-bond donors (Lipinski definition) is 2. The van der Waals surface area contributed by atoms with Gasteiger partial charge in [-0.25, -0.2) is 4.98 Å². The molecule has 0 saturated carbocycles. The molecular weight excluding hydrogens is 296 g/mol. The quantitative estimate of drug-likeness (QED) is 0.702.